The molecule has 0 aliphatic carbocycles. The van der Waals surface area contributed by atoms with Crippen LogP contribution in [0.1, 0.15) is 11.1 Å². The van der Waals surface area contributed by atoms with E-state index in [0.29, 0.717) is 12.4 Å². The maximum absolute atomic E-state index is 10.7. The van der Waals surface area contributed by atoms with Crippen LogP contribution in [-0.4, -0.2) is 16.1 Å². The minimum Gasteiger partial charge on any atom is -0.488 e. The van der Waals surface area contributed by atoms with Gasteiger partial charge >= 0.3 is 0 Å². The van der Waals surface area contributed by atoms with Crippen LogP contribution in [0.15, 0.2) is 84.1 Å². The molecule has 4 rings (SSSR count). The minimum atomic E-state index is -0.494. The van der Waals surface area contributed by atoms with Gasteiger partial charge < -0.3 is 4.74 Å². The van der Waals surface area contributed by atoms with E-state index < -0.39 is 4.92 Å². The number of fused-ring (bicyclic) bond motifs is 1. The number of nitro groups is 1. The largest absolute Gasteiger partial charge is 0.488 e. The van der Waals surface area contributed by atoms with Crippen LogP contribution >= 0.6 is 22.6 Å². The molecule has 7 nitrogen and oxygen atoms in total. The quantitative estimate of drug-likeness (QED) is 0.144. The van der Waals surface area contributed by atoms with Crippen LogP contribution < -0.4 is 10.2 Å². The number of anilines is 1. The molecule has 0 spiro atoms. The van der Waals surface area contributed by atoms with Crippen LogP contribution in [0.5, 0.6) is 5.75 Å². The first-order valence-corrected chi connectivity index (χ1v) is 10.5. The smallest absolute Gasteiger partial charge is 0.287 e. The van der Waals surface area contributed by atoms with Crippen molar-refractivity contribution in [2.45, 2.75) is 6.61 Å². The summed E-state index contributed by atoms with van der Waals surface area (Å²) in [5.41, 5.74) is 4.69. The summed E-state index contributed by atoms with van der Waals surface area (Å²) < 4.78 is 6.97. The molecule has 8 heteroatoms. The van der Waals surface area contributed by atoms with Gasteiger partial charge in [0.25, 0.3) is 5.69 Å². The van der Waals surface area contributed by atoms with Gasteiger partial charge in [0.15, 0.2) is 0 Å². The van der Waals surface area contributed by atoms with Gasteiger partial charge in [-0.1, -0.05) is 36.4 Å². The molecule has 0 aliphatic heterocycles. The second-order valence-corrected chi connectivity index (χ2v) is 7.85. The minimum absolute atomic E-state index is 0.0663. The molecule has 0 aliphatic rings. The molecular weight excluding hydrogens is 507 g/mol. The Bertz CT molecular complexity index is 1260. The molecule has 3 aromatic carbocycles. The van der Waals surface area contributed by atoms with Crippen LogP contribution in [0.3, 0.4) is 0 Å². The van der Waals surface area contributed by atoms with Gasteiger partial charge in [0.1, 0.15) is 24.4 Å². The molecule has 154 valence electrons. The number of hydrogen-bond donors (Lipinski definition) is 1. The van der Waals surface area contributed by atoms with Gasteiger partial charge in [-0.05, 0) is 74.8 Å². The van der Waals surface area contributed by atoms with Crippen LogP contribution in [-0.2, 0) is 6.61 Å². The number of nitrogens with zero attached hydrogens (tertiary/aromatic N) is 3. The van der Waals surface area contributed by atoms with E-state index in [0.717, 1.165) is 20.4 Å². The standard InChI is InChI=1S/C23H17IN4O3/c24-21-12-16(13-26-27-23-10-8-20(14-25-23)28(29)30)6-9-22(21)31-15-17-5-7-18-3-1-2-4-19(18)11-17/h1-14H,15H2,(H,25,27)/b26-13+. The van der Waals surface area contributed by atoms with E-state index in [2.05, 4.69) is 68.4 Å². The van der Waals surface area contributed by atoms with Crippen LogP contribution in [0.2, 0.25) is 0 Å². The first-order valence-electron chi connectivity index (χ1n) is 9.38. The fourth-order valence-corrected chi connectivity index (χ4v) is 3.63. The second kappa shape index (κ2) is 9.52. The van der Waals surface area contributed by atoms with Gasteiger partial charge in [-0.25, -0.2) is 4.98 Å². The number of aromatic nitrogens is 1. The molecule has 0 atom stereocenters. The highest BCUT2D eigenvalue weighted by Gasteiger charge is 2.05. The predicted octanol–water partition coefficient (Wildman–Crippen LogP) is 5.77. The number of hydrogen-bond acceptors (Lipinski definition) is 6. The number of halogens is 1. The number of rotatable bonds is 7. The van der Waals surface area contributed by atoms with Gasteiger partial charge in [-0.15, -0.1) is 0 Å². The Kier molecular flexibility index (Phi) is 6.37. The number of ether oxygens (including phenoxy) is 1. The summed E-state index contributed by atoms with van der Waals surface area (Å²) in [4.78, 5) is 14.1. The van der Waals surface area contributed by atoms with Crippen molar-refractivity contribution in [3.63, 3.8) is 0 Å². The van der Waals surface area contributed by atoms with Gasteiger partial charge in [-0.2, -0.15) is 5.10 Å². The topological polar surface area (TPSA) is 89.7 Å². The summed E-state index contributed by atoms with van der Waals surface area (Å²) in [5.74, 6) is 1.22. The van der Waals surface area contributed by atoms with E-state index in [9.17, 15) is 10.1 Å². The summed E-state index contributed by atoms with van der Waals surface area (Å²) in [6.07, 6.45) is 2.83. The lowest BCUT2D eigenvalue weighted by Crippen LogP contribution is -1.98. The van der Waals surface area contributed by atoms with Crippen molar-refractivity contribution < 1.29 is 9.66 Å². The average molecular weight is 524 g/mol. The maximum atomic E-state index is 10.7. The van der Waals surface area contributed by atoms with Crippen molar-refractivity contribution in [1.82, 2.24) is 4.98 Å². The molecule has 1 heterocycles. The Hall–Kier alpha value is -3.53. The van der Waals surface area contributed by atoms with E-state index in [-0.39, 0.29) is 5.69 Å². The number of benzene rings is 3. The number of pyridine rings is 1. The molecule has 0 unspecified atom stereocenters. The number of hydrazone groups is 1. The average Bonchev–Trinajstić information content (AvgIpc) is 2.79. The van der Waals surface area contributed by atoms with Gasteiger partial charge in [0, 0.05) is 6.07 Å². The van der Waals surface area contributed by atoms with E-state index in [1.165, 1.54) is 29.1 Å². The molecular formula is C23H17IN4O3. The van der Waals surface area contributed by atoms with Crippen molar-refractivity contribution in [1.29, 1.82) is 0 Å². The number of nitrogens with one attached hydrogen (secondary N) is 1. The molecule has 31 heavy (non-hydrogen) atoms. The van der Waals surface area contributed by atoms with Crippen molar-refractivity contribution in [3.8, 4) is 5.75 Å². The fraction of sp³-hybridized carbons (Fsp3) is 0.0435. The van der Waals surface area contributed by atoms with Crippen LogP contribution in [0.25, 0.3) is 10.8 Å². The van der Waals surface area contributed by atoms with Crippen LogP contribution in [0, 0.1) is 13.7 Å². The third kappa shape index (κ3) is 5.34. The Labute approximate surface area is 192 Å². The van der Waals surface area contributed by atoms with E-state index >= 15 is 0 Å². The molecule has 0 saturated carbocycles. The molecule has 0 radical (unpaired) electrons. The highest BCUT2D eigenvalue weighted by molar-refractivity contribution is 14.1. The van der Waals surface area contributed by atoms with Crippen molar-refractivity contribution in [3.05, 3.63) is 104 Å². The second-order valence-electron chi connectivity index (χ2n) is 6.69. The fourth-order valence-electron chi connectivity index (χ4n) is 2.94. The third-order valence-electron chi connectivity index (χ3n) is 4.52. The predicted molar refractivity (Wildman–Crippen MR) is 130 cm³/mol. The lowest BCUT2D eigenvalue weighted by atomic mass is 10.1. The Morgan fingerprint density at radius 2 is 1.90 bits per heavy atom. The molecule has 4 aromatic rings. The zero-order valence-electron chi connectivity index (χ0n) is 16.2. The van der Waals surface area contributed by atoms with Crippen molar-refractivity contribution in [2.24, 2.45) is 5.10 Å². The SMILES string of the molecule is O=[N+]([O-])c1ccc(N/N=C/c2ccc(OCc3ccc4ccccc4c3)c(I)c2)nc1. The molecule has 0 fully saturated rings. The summed E-state index contributed by atoms with van der Waals surface area (Å²) >= 11 is 2.23. The summed E-state index contributed by atoms with van der Waals surface area (Å²) in [7, 11) is 0. The monoisotopic (exact) mass is 524 g/mol. The Morgan fingerprint density at radius 1 is 1.06 bits per heavy atom. The van der Waals surface area contributed by atoms with E-state index in [1.54, 1.807) is 6.21 Å². The summed E-state index contributed by atoms with van der Waals surface area (Å²) in [6.45, 7) is 0.488. The Balaban J connectivity index is 1.36. The zero-order valence-corrected chi connectivity index (χ0v) is 18.4. The van der Waals surface area contributed by atoms with E-state index in [4.69, 9.17) is 4.74 Å². The normalized spacial score (nSPS) is 11.0. The third-order valence-corrected chi connectivity index (χ3v) is 5.36. The lowest BCUT2D eigenvalue weighted by Gasteiger charge is -2.10. The van der Waals surface area contributed by atoms with Crippen molar-refractivity contribution >= 4 is 51.1 Å². The lowest BCUT2D eigenvalue weighted by molar-refractivity contribution is -0.385. The zero-order chi connectivity index (χ0) is 21.6. The summed E-state index contributed by atoms with van der Waals surface area (Å²) in [6, 6.07) is 23.2. The highest BCUT2D eigenvalue weighted by Crippen LogP contribution is 2.24. The molecule has 1 N–H and O–H groups in total. The van der Waals surface area contributed by atoms with Crippen LogP contribution in [0.4, 0.5) is 11.5 Å². The Morgan fingerprint density at radius 3 is 2.65 bits per heavy atom. The maximum Gasteiger partial charge on any atom is 0.287 e. The summed E-state index contributed by atoms with van der Waals surface area (Å²) in [5, 5.41) is 17.2. The molecule has 0 saturated heterocycles. The van der Waals surface area contributed by atoms with Crippen molar-refractivity contribution in [2.75, 3.05) is 5.43 Å². The van der Waals surface area contributed by atoms with Gasteiger partial charge in [0.2, 0.25) is 0 Å². The van der Waals surface area contributed by atoms with Gasteiger partial charge in [-0.3, -0.25) is 15.5 Å². The van der Waals surface area contributed by atoms with Gasteiger partial charge in [0.05, 0.1) is 14.7 Å². The first kappa shape index (κ1) is 20.7. The molecule has 0 bridgehead atoms. The highest BCUT2D eigenvalue weighted by atomic mass is 127. The first-order chi connectivity index (χ1) is 15.1. The molecule has 0 amide bonds. The van der Waals surface area contributed by atoms with E-state index in [1.807, 2.05) is 30.3 Å². The molecule has 1 aromatic heterocycles.